The summed E-state index contributed by atoms with van der Waals surface area (Å²) in [6, 6.07) is 12.3. The van der Waals surface area contributed by atoms with Gasteiger partial charge in [0.2, 0.25) is 0 Å². The van der Waals surface area contributed by atoms with Crippen molar-refractivity contribution in [2.75, 3.05) is 13.7 Å². The molecule has 0 heterocycles. The largest absolute Gasteiger partial charge is 0.497 e. The lowest BCUT2D eigenvalue weighted by Gasteiger charge is -2.36. The van der Waals surface area contributed by atoms with Crippen LogP contribution in [0.2, 0.25) is 0 Å². The lowest BCUT2D eigenvalue weighted by atomic mass is 9.69. The lowest BCUT2D eigenvalue weighted by Crippen LogP contribution is -2.25. The number of methoxy groups -OCH3 is 1. The number of allylic oxidation sites excluding steroid dienone is 4. The van der Waals surface area contributed by atoms with Crippen LogP contribution in [0.1, 0.15) is 50.7 Å². The Morgan fingerprint density at radius 2 is 1.97 bits per heavy atom. The molecule has 1 N–H and O–H groups in total. The van der Waals surface area contributed by atoms with Gasteiger partial charge in [0, 0.05) is 11.5 Å². The van der Waals surface area contributed by atoms with E-state index in [-0.39, 0.29) is 29.5 Å². The summed E-state index contributed by atoms with van der Waals surface area (Å²) in [5.41, 5.74) is 3.41. The van der Waals surface area contributed by atoms with Crippen molar-refractivity contribution in [2.45, 2.75) is 39.5 Å². The van der Waals surface area contributed by atoms with Gasteiger partial charge < -0.3 is 14.6 Å². The summed E-state index contributed by atoms with van der Waals surface area (Å²) >= 11 is 0. The highest BCUT2D eigenvalue weighted by molar-refractivity contribution is 5.72. The van der Waals surface area contributed by atoms with Crippen LogP contribution < -0.4 is 9.47 Å². The predicted molar refractivity (Wildman–Crippen MR) is 134 cm³/mol. The summed E-state index contributed by atoms with van der Waals surface area (Å²) in [5, 5.41) is 9.14. The molecule has 0 spiro atoms. The molecule has 4 nitrogen and oxygen atoms in total. The van der Waals surface area contributed by atoms with E-state index in [4.69, 9.17) is 14.6 Å². The topological polar surface area (TPSA) is 55.8 Å². The van der Waals surface area contributed by atoms with Crippen LogP contribution in [0.25, 0.3) is 5.57 Å². The van der Waals surface area contributed by atoms with Crippen LogP contribution in [-0.4, -0.2) is 24.8 Å². The molecule has 3 rings (SSSR count). The number of hydrogen-bond acceptors (Lipinski definition) is 3. The summed E-state index contributed by atoms with van der Waals surface area (Å²) in [6.07, 6.45) is 6.39. The smallest absolute Gasteiger partial charge is 0.304 e. The summed E-state index contributed by atoms with van der Waals surface area (Å²) < 4.78 is 26.1. The highest BCUT2D eigenvalue weighted by Crippen LogP contribution is 2.44. The van der Waals surface area contributed by atoms with Crippen molar-refractivity contribution in [1.82, 2.24) is 0 Å². The molecule has 0 aliphatic heterocycles. The van der Waals surface area contributed by atoms with E-state index >= 15 is 0 Å². The molecular weight excluding hydrogens is 431 g/mol. The molecule has 2 atom stereocenters. The Morgan fingerprint density at radius 1 is 1.21 bits per heavy atom. The fourth-order valence-corrected chi connectivity index (χ4v) is 4.31. The van der Waals surface area contributed by atoms with Crippen LogP contribution in [-0.2, 0) is 4.79 Å². The molecule has 0 saturated heterocycles. The van der Waals surface area contributed by atoms with Gasteiger partial charge in [-0.3, -0.25) is 4.79 Å². The molecule has 0 amide bonds. The molecule has 1 aliphatic rings. The van der Waals surface area contributed by atoms with Gasteiger partial charge in [0.1, 0.15) is 23.9 Å². The molecular formula is C29H33FO4. The first-order chi connectivity index (χ1) is 16.1. The van der Waals surface area contributed by atoms with Crippen molar-refractivity contribution in [2.24, 2.45) is 11.3 Å². The van der Waals surface area contributed by atoms with Crippen LogP contribution in [0.3, 0.4) is 0 Å². The van der Waals surface area contributed by atoms with E-state index in [2.05, 4.69) is 27.4 Å². The minimum Gasteiger partial charge on any atom is -0.497 e. The minimum absolute atomic E-state index is 0.0141. The SMILES string of the molecule is C=C[C@H](CC(=O)O)c1cccc(OCC2=CC=C(c3cc(OC)ccc3F)C(C(C)(C)C)C2)c1. The molecule has 1 aliphatic carbocycles. The molecule has 0 aromatic heterocycles. The number of hydrogen-bond donors (Lipinski definition) is 1. The van der Waals surface area contributed by atoms with Gasteiger partial charge in [-0.2, -0.15) is 0 Å². The highest BCUT2D eigenvalue weighted by Gasteiger charge is 2.32. The van der Waals surface area contributed by atoms with Crippen molar-refractivity contribution < 1.29 is 23.8 Å². The van der Waals surface area contributed by atoms with Crippen LogP contribution in [0, 0.1) is 17.2 Å². The van der Waals surface area contributed by atoms with E-state index in [1.54, 1.807) is 25.3 Å². The maximum atomic E-state index is 14.7. The third-order valence-electron chi connectivity index (χ3n) is 6.26. The average Bonchev–Trinajstić information content (AvgIpc) is 2.81. The molecule has 2 aromatic rings. The van der Waals surface area contributed by atoms with Crippen LogP contribution in [0.5, 0.6) is 11.5 Å². The van der Waals surface area contributed by atoms with Crippen LogP contribution in [0.15, 0.2) is 72.8 Å². The van der Waals surface area contributed by atoms with Crippen LogP contribution >= 0.6 is 0 Å². The minimum atomic E-state index is -0.869. The molecule has 2 aromatic carbocycles. The maximum Gasteiger partial charge on any atom is 0.304 e. The standard InChI is InChI=1S/C29H33FO4/c1-6-20(16-28(31)32)21-8-7-9-23(15-21)34-18-19-10-12-24(26(14-19)29(2,3)4)25-17-22(33-5)11-13-27(25)30/h6-13,15,17,20,26H,1,14,16,18H2,2-5H3,(H,31,32)/t20-,26?/m1/s1. The fraction of sp³-hybridized carbons (Fsp3) is 0.345. The number of carbonyl (C=O) groups is 1. The van der Waals surface area contributed by atoms with E-state index in [0.29, 0.717) is 23.7 Å². The Hall–Kier alpha value is -3.34. The van der Waals surface area contributed by atoms with Gasteiger partial charge in [-0.25, -0.2) is 4.39 Å². The highest BCUT2D eigenvalue weighted by atomic mass is 19.1. The first kappa shape index (κ1) is 25.3. The third kappa shape index (κ3) is 6.16. The van der Waals surface area contributed by atoms with Crippen molar-refractivity contribution in [3.8, 4) is 11.5 Å². The van der Waals surface area contributed by atoms with Gasteiger partial charge in [-0.05, 0) is 64.8 Å². The molecule has 34 heavy (non-hydrogen) atoms. The number of carboxylic acid groups (broad SMARTS) is 1. The Morgan fingerprint density at radius 3 is 2.62 bits per heavy atom. The quantitative estimate of drug-likeness (QED) is 0.405. The van der Waals surface area contributed by atoms with Gasteiger partial charge in [0.15, 0.2) is 0 Å². The van der Waals surface area contributed by atoms with Crippen molar-refractivity contribution >= 4 is 11.5 Å². The third-order valence-corrected chi connectivity index (χ3v) is 6.26. The second kappa shape index (κ2) is 10.7. The summed E-state index contributed by atoms with van der Waals surface area (Å²) in [7, 11) is 1.58. The number of halogens is 1. The van der Waals surface area contributed by atoms with E-state index in [0.717, 1.165) is 23.1 Å². The second-order valence-electron chi connectivity index (χ2n) is 9.72. The Balaban J connectivity index is 1.82. The van der Waals surface area contributed by atoms with Crippen LogP contribution in [0.4, 0.5) is 4.39 Å². The van der Waals surface area contributed by atoms with Gasteiger partial charge in [0.25, 0.3) is 0 Å². The zero-order valence-corrected chi connectivity index (χ0v) is 20.3. The van der Waals surface area contributed by atoms with Gasteiger partial charge in [0.05, 0.1) is 13.5 Å². The molecule has 0 fully saturated rings. The molecule has 1 unspecified atom stereocenters. The van der Waals surface area contributed by atoms with Gasteiger partial charge in [-0.15, -0.1) is 6.58 Å². The molecule has 0 bridgehead atoms. The Kier molecular flexibility index (Phi) is 7.98. The number of benzene rings is 2. The number of rotatable bonds is 9. The Labute approximate surface area is 201 Å². The lowest BCUT2D eigenvalue weighted by molar-refractivity contribution is -0.137. The number of ether oxygens (including phenoxy) is 2. The zero-order chi connectivity index (χ0) is 24.9. The Bertz CT molecular complexity index is 1110. The average molecular weight is 465 g/mol. The molecule has 5 heteroatoms. The normalized spacial score (nSPS) is 16.8. The number of carboxylic acids is 1. The maximum absolute atomic E-state index is 14.7. The van der Waals surface area contributed by atoms with Crippen molar-refractivity contribution in [3.63, 3.8) is 0 Å². The monoisotopic (exact) mass is 464 g/mol. The summed E-state index contributed by atoms with van der Waals surface area (Å²) in [5.74, 6) is 0.00433. The van der Waals surface area contributed by atoms with E-state index in [1.807, 2.05) is 36.4 Å². The van der Waals surface area contributed by atoms with E-state index < -0.39 is 5.97 Å². The fourth-order valence-electron chi connectivity index (χ4n) is 4.31. The first-order valence-electron chi connectivity index (χ1n) is 11.4. The van der Waals surface area contributed by atoms with E-state index in [9.17, 15) is 9.18 Å². The van der Waals surface area contributed by atoms with Gasteiger partial charge in [-0.1, -0.05) is 51.1 Å². The summed E-state index contributed by atoms with van der Waals surface area (Å²) in [4.78, 5) is 11.1. The molecule has 0 radical (unpaired) electrons. The van der Waals surface area contributed by atoms with Crippen molar-refractivity contribution in [3.05, 3.63) is 89.8 Å². The first-order valence-corrected chi connectivity index (χ1v) is 11.4. The second-order valence-corrected chi connectivity index (χ2v) is 9.72. The number of aliphatic carboxylic acids is 1. The summed E-state index contributed by atoms with van der Waals surface area (Å²) in [6.45, 7) is 10.7. The van der Waals surface area contributed by atoms with Crippen molar-refractivity contribution in [1.29, 1.82) is 0 Å². The predicted octanol–water partition coefficient (Wildman–Crippen LogP) is 7.03. The van der Waals surface area contributed by atoms with E-state index in [1.165, 1.54) is 6.07 Å². The molecule has 180 valence electrons. The zero-order valence-electron chi connectivity index (χ0n) is 20.3. The van der Waals surface area contributed by atoms with Gasteiger partial charge >= 0.3 is 5.97 Å². The molecule has 0 saturated carbocycles.